The molecule has 0 aromatic rings. The minimum Gasteiger partial charge on any atom is -0.392 e. The van der Waals surface area contributed by atoms with Gasteiger partial charge in [0.2, 0.25) is 0 Å². The maximum absolute atomic E-state index is 5.95. The molecule has 1 heterocycles. The van der Waals surface area contributed by atoms with Crippen LogP contribution in [0.3, 0.4) is 0 Å². The molecular weight excluding hydrogens is 260 g/mol. The zero-order chi connectivity index (χ0) is 13.2. The number of piperidine rings is 1. The molecule has 1 aliphatic heterocycles. The Labute approximate surface area is 121 Å². The lowest BCUT2D eigenvalue weighted by Crippen LogP contribution is -2.52. The van der Waals surface area contributed by atoms with E-state index in [2.05, 4.69) is 18.1 Å². The van der Waals surface area contributed by atoms with Crippen LogP contribution in [0.25, 0.3) is 0 Å². The highest BCUT2D eigenvalue weighted by Crippen LogP contribution is 2.37. The van der Waals surface area contributed by atoms with Gasteiger partial charge in [-0.15, -0.1) is 0 Å². The van der Waals surface area contributed by atoms with Gasteiger partial charge in [0.15, 0.2) is 0 Å². The molecule has 1 aliphatic carbocycles. The van der Waals surface area contributed by atoms with Gasteiger partial charge in [-0.1, -0.05) is 32.0 Å². The third-order valence-electron chi connectivity index (χ3n) is 4.87. The van der Waals surface area contributed by atoms with Crippen molar-refractivity contribution in [1.29, 1.82) is 0 Å². The highest BCUT2D eigenvalue weighted by molar-refractivity contribution is 8.02. The summed E-state index contributed by atoms with van der Waals surface area (Å²) in [6.07, 6.45) is 10.0. The second-order valence-corrected chi connectivity index (χ2v) is 7.65. The summed E-state index contributed by atoms with van der Waals surface area (Å²) in [6.45, 7) is 4.75. The number of rotatable bonds is 3. The standard InChI is InChI=1S/C14H26N2S2/c1-11-4-3-5-12(10-11)16-8-6-14(18-2,7-9-16)13(15)17/h11-12H,3-10H2,1-2H3,(H2,15,17). The Morgan fingerprint density at radius 1 is 1.33 bits per heavy atom. The van der Waals surface area contributed by atoms with Crippen molar-refractivity contribution in [2.45, 2.75) is 56.2 Å². The van der Waals surface area contributed by atoms with Crippen LogP contribution in [0.4, 0.5) is 0 Å². The van der Waals surface area contributed by atoms with Crippen LogP contribution in [0, 0.1) is 5.92 Å². The van der Waals surface area contributed by atoms with E-state index in [1.807, 2.05) is 11.8 Å². The van der Waals surface area contributed by atoms with E-state index in [1.165, 1.54) is 38.8 Å². The molecule has 1 saturated heterocycles. The lowest BCUT2D eigenvalue weighted by molar-refractivity contribution is 0.109. The summed E-state index contributed by atoms with van der Waals surface area (Å²) in [7, 11) is 0. The number of thiocarbonyl (C=S) groups is 1. The van der Waals surface area contributed by atoms with Gasteiger partial charge in [0.25, 0.3) is 0 Å². The number of hydrogen-bond acceptors (Lipinski definition) is 3. The number of likely N-dealkylation sites (tertiary alicyclic amines) is 1. The van der Waals surface area contributed by atoms with Crippen molar-refractivity contribution in [3.63, 3.8) is 0 Å². The molecule has 2 fully saturated rings. The normalized spacial score (nSPS) is 33.2. The van der Waals surface area contributed by atoms with Crippen LogP contribution in [0.2, 0.25) is 0 Å². The summed E-state index contributed by atoms with van der Waals surface area (Å²) in [5, 5.41) is 0. The third-order valence-corrected chi connectivity index (χ3v) is 6.80. The maximum Gasteiger partial charge on any atom is 0.0891 e. The van der Waals surface area contributed by atoms with Crippen molar-refractivity contribution in [2.75, 3.05) is 19.3 Å². The van der Waals surface area contributed by atoms with Crippen LogP contribution in [0.15, 0.2) is 0 Å². The Morgan fingerprint density at radius 2 is 2.00 bits per heavy atom. The minimum absolute atomic E-state index is 0.0755. The van der Waals surface area contributed by atoms with Crippen molar-refractivity contribution >= 4 is 29.0 Å². The van der Waals surface area contributed by atoms with Crippen LogP contribution in [-0.4, -0.2) is 40.0 Å². The van der Waals surface area contributed by atoms with Crippen molar-refractivity contribution in [3.8, 4) is 0 Å². The fourth-order valence-electron chi connectivity index (χ4n) is 3.54. The van der Waals surface area contributed by atoms with E-state index >= 15 is 0 Å². The molecule has 4 heteroatoms. The van der Waals surface area contributed by atoms with E-state index in [1.54, 1.807) is 0 Å². The van der Waals surface area contributed by atoms with Gasteiger partial charge in [-0.3, -0.25) is 0 Å². The van der Waals surface area contributed by atoms with Crippen molar-refractivity contribution in [3.05, 3.63) is 0 Å². The molecule has 0 radical (unpaired) electrons. The maximum atomic E-state index is 5.95. The van der Waals surface area contributed by atoms with Gasteiger partial charge in [0, 0.05) is 19.1 Å². The van der Waals surface area contributed by atoms with Gasteiger partial charge in [-0.25, -0.2) is 0 Å². The Bertz CT molecular complexity index is 298. The quantitative estimate of drug-likeness (QED) is 0.808. The van der Waals surface area contributed by atoms with Crippen molar-refractivity contribution in [2.24, 2.45) is 11.7 Å². The first-order chi connectivity index (χ1) is 8.57. The summed E-state index contributed by atoms with van der Waals surface area (Å²) < 4.78 is 0.0755. The van der Waals surface area contributed by atoms with E-state index in [9.17, 15) is 0 Å². The third kappa shape index (κ3) is 3.02. The molecule has 2 rings (SSSR count). The number of nitrogens with zero attached hydrogens (tertiary/aromatic N) is 1. The van der Waals surface area contributed by atoms with Crippen LogP contribution in [0.5, 0.6) is 0 Å². The van der Waals surface area contributed by atoms with E-state index in [-0.39, 0.29) is 4.75 Å². The Kier molecular flexibility index (Phi) is 4.95. The molecule has 0 aromatic heterocycles. The lowest BCUT2D eigenvalue weighted by Gasteiger charge is -2.45. The van der Waals surface area contributed by atoms with Crippen molar-refractivity contribution in [1.82, 2.24) is 4.90 Å². The van der Waals surface area contributed by atoms with Gasteiger partial charge in [-0.05, 0) is 37.9 Å². The Balaban J connectivity index is 1.91. The molecule has 2 N–H and O–H groups in total. The SMILES string of the molecule is CSC1(C(N)=S)CCN(C2CCCC(C)C2)CC1. The van der Waals surface area contributed by atoms with Crippen molar-refractivity contribution < 1.29 is 0 Å². The molecule has 2 nitrogen and oxygen atoms in total. The molecule has 2 unspecified atom stereocenters. The highest BCUT2D eigenvalue weighted by Gasteiger charge is 2.38. The van der Waals surface area contributed by atoms with Crippen LogP contribution in [0.1, 0.15) is 45.4 Å². The molecule has 1 saturated carbocycles. The number of hydrogen-bond donors (Lipinski definition) is 1. The first-order valence-corrected chi connectivity index (χ1v) is 8.80. The summed E-state index contributed by atoms with van der Waals surface area (Å²) >= 11 is 7.14. The van der Waals surface area contributed by atoms with Gasteiger partial charge in [-0.2, -0.15) is 11.8 Å². The van der Waals surface area contributed by atoms with Crippen LogP contribution in [-0.2, 0) is 0 Å². The second kappa shape index (κ2) is 6.10. The molecule has 0 bridgehead atoms. The summed E-state index contributed by atoms with van der Waals surface area (Å²) in [6, 6.07) is 0.819. The molecule has 2 atom stereocenters. The van der Waals surface area contributed by atoms with E-state index in [0.29, 0.717) is 4.99 Å². The van der Waals surface area contributed by atoms with Crippen LogP contribution >= 0.6 is 24.0 Å². The Hall–Kier alpha value is 0.200. The average Bonchev–Trinajstić information content (AvgIpc) is 2.38. The second-order valence-electron chi connectivity index (χ2n) is 6.02. The van der Waals surface area contributed by atoms with E-state index in [4.69, 9.17) is 18.0 Å². The largest absolute Gasteiger partial charge is 0.392 e. The van der Waals surface area contributed by atoms with E-state index in [0.717, 1.165) is 24.8 Å². The number of nitrogens with two attached hydrogens (primary N) is 1. The van der Waals surface area contributed by atoms with E-state index < -0.39 is 0 Å². The van der Waals surface area contributed by atoms with Gasteiger partial charge in [0.1, 0.15) is 0 Å². The summed E-state index contributed by atoms with van der Waals surface area (Å²) in [5.41, 5.74) is 5.95. The van der Waals surface area contributed by atoms with Crippen LogP contribution < -0.4 is 5.73 Å². The predicted molar refractivity (Wildman–Crippen MR) is 85.3 cm³/mol. The molecule has 0 aromatic carbocycles. The molecule has 104 valence electrons. The summed E-state index contributed by atoms with van der Waals surface area (Å²) in [5.74, 6) is 0.909. The lowest BCUT2D eigenvalue weighted by atomic mass is 9.84. The molecule has 2 aliphatic rings. The van der Waals surface area contributed by atoms with Gasteiger partial charge in [0.05, 0.1) is 9.74 Å². The molecule has 0 amide bonds. The fourth-order valence-corrected chi connectivity index (χ4v) is 4.78. The highest BCUT2D eigenvalue weighted by atomic mass is 32.2. The molecular formula is C14H26N2S2. The fraction of sp³-hybridized carbons (Fsp3) is 0.929. The molecule has 0 spiro atoms. The number of thioether (sulfide) groups is 1. The smallest absolute Gasteiger partial charge is 0.0891 e. The average molecular weight is 287 g/mol. The first kappa shape index (κ1) is 14.6. The topological polar surface area (TPSA) is 29.3 Å². The predicted octanol–water partition coefficient (Wildman–Crippen LogP) is 3.05. The van der Waals surface area contributed by atoms with Gasteiger partial charge < -0.3 is 10.6 Å². The zero-order valence-corrected chi connectivity index (χ0v) is 13.3. The monoisotopic (exact) mass is 286 g/mol. The summed E-state index contributed by atoms with van der Waals surface area (Å²) in [4.78, 5) is 3.41. The van der Waals surface area contributed by atoms with Gasteiger partial charge >= 0.3 is 0 Å². The minimum atomic E-state index is 0.0755. The molecule has 18 heavy (non-hydrogen) atoms. The Morgan fingerprint density at radius 3 is 2.50 bits per heavy atom. The zero-order valence-electron chi connectivity index (χ0n) is 11.7. The first-order valence-electron chi connectivity index (χ1n) is 7.16.